The lowest BCUT2D eigenvalue weighted by molar-refractivity contribution is 0.318. The van der Waals surface area contributed by atoms with Crippen LogP contribution in [0.1, 0.15) is 11.3 Å². The molecule has 0 unspecified atom stereocenters. The molecule has 0 aromatic carbocycles. The molecule has 0 aliphatic rings. The maximum absolute atomic E-state index is 8.80. The lowest BCUT2D eigenvalue weighted by Crippen LogP contribution is -2.15. The summed E-state index contributed by atoms with van der Waals surface area (Å²) in [6.45, 7) is 1.88. The molecule has 2 aromatic rings. The van der Waals surface area contributed by atoms with Gasteiger partial charge in [0.2, 0.25) is 0 Å². The zero-order valence-electron chi connectivity index (χ0n) is 10.0. The summed E-state index contributed by atoms with van der Waals surface area (Å²) in [5.41, 5.74) is 7.08. The van der Waals surface area contributed by atoms with Crippen molar-refractivity contribution >= 4 is 33.5 Å². The molecule has 5 nitrogen and oxygen atoms in total. The Balaban J connectivity index is 2.44. The van der Waals surface area contributed by atoms with E-state index in [-0.39, 0.29) is 5.84 Å². The molecule has 0 spiro atoms. The predicted molar refractivity (Wildman–Crippen MR) is 77.5 cm³/mol. The van der Waals surface area contributed by atoms with Crippen LogP contribution in [0.2, 0.25) is 0 Å². The molecule has 7 heteroatoms. The third-order valence-corrected chi connectivity index (χ3v) is 4.23. The summed E-state index contributed by atoms with van der Waals surface area (Å²) in [6, 6.07) is 7.32. The van der Waals surface area contributed by atoms with Crippen LogP contribution >= 0.6 is 27.7 Å². The normalized spacial score (nSPS) is 11.6. The van der Waals surface area contributed by atoms with Crippen LogP contribution in [0.4, 0.5) is 0 Å². The summed E-state index contributed by atoms with van der Waals surface area (Å²) in [7, 11) is 0. The average Bonchev–Trinajstić information content (AvgIpc) is 2.41. The van der Waals surface area contributed by atoms with E-state index in [1.54, 1.807) is 12.3 Å². The number of oxime groups is 1. The van der Waals surface area contributed by atoms with Crippen LogP contribution in [-0.2, 0) is 0 Å². The minimum Gasteiger partial charge on any atom is -0.409 e. The van der Waals surface area contributed by atoms with E-state index in [0.717, 1.165) is 15.2 Å². The highest BCUT2D eigenvalue weighted by atomic mass is 79.9. The number of rotatable bonds is 3. The minimum absolute atomic E-state index is 0.0297. The second-order valence-electron chi connectivity index (χ2n) is 3.68. The summed E-state index contributed by atoms with van der Waals surface area (Å²) in [5, 5.41) is 13.2. The largest absolute Gasteiger partial charge is 0.409 e. The highest BCUT2D eigenvalue weighted by Crippen LogP contribution is 2.32. The van der Waals surface area contributed by atoms with Gasteiger partial charge in [0.1, 0.15) is 10.1 Å². The predicted octanol–water partition coefficient (Wildman–Crippen LogP) is 2.79. The van der Waals surface area contributed by atoms with Gasteiger partial charge in [-0.1, -0.05) is 5.16 Å². The molecule has 3 N–H and O–H groups in total. The average molecular weight is 339 g/mol. The van der Waals surface area contributed by atoms with Crippen molar-refractivity contribution in [2.24, 2.45) is 10.9 Å². The Morgan fingerprint density at radius 3 is 2.84 bits per heavy atom. The first-order valence-electron chi connectivity index (χ1n) is 5.35. The van der Waals surface area contributed by atoms with Gasteiger partial charge in [0.25, 0.3) is 0 Å². The third-order valence-electron chi connectivity index (χ3n) is 2.30. The van der Waals surface area contributed by atoms with Crippen molar-refractivity contribution in [3.8, 4) is 0 Å². The molecule has 2 heterocycles. The van der Waals surface area contributed by atoms with E-state index in [2.05, 4.69) is 31.1 Å². The van der Waals surface area contributed by atoms with Gasteiger partial charge in [-0.05, 0) is 58.9 Å². The first-order valence-corrected chi connectivity index (χ1v) is 6.96. The van der Waals surface area contributed by atoms with Gasteiger partial charge < -0.3 is 10.9 Å². The number of hydrogen-bond donors (Lipinski definition) is 2. The van der Waals surface area contributed by atoms with Gasteiger partial charge >= 0.3 is 0 Å². The molecule has 98 valence electrons. The fourth-order valence-corrected chi connectivity index (χ4v) is 2.83. The van der Waals surface area contributed by atoms with Gasteiger partial charge in [-0.15, -0.1) is 0 Å². The lowest BCUT2D eigenvalue weighted by Gasteiger charge is -2.08. The molecular formula is C12H11BrN4OS. The number of halogens is 1. The number of aryl methyl sites for hydroxylation is 1. The van der Waals surface area contributed by atoms with E-state index < -0.39 is 0 Å². The Kier molecular flexibility index (Phi) is 4.39. The second-order valence-corrected chi connectivity index (χ2v) is 5.51. The first kappa shape index (κ1) is 13.8. The summed E-state index contributed by atoms with van der Waals surface area (Å²) in [6.07, 6.45) is 1.70. The van der Waals surface area contributed by atoms with Crippen LogP contribution in [0.15, 0.2) is 50.1 Å². The van der Waals surface area contributed by atoms with Crippen LogP contribution in [0.25, 0.3) is 0 Å². The monoisotopic (exact) mass is 338 g/mol. The van der Waals surface area contributed by atoms with Gasteiger partial charge in [0.05, 0.1) is 10.0 Å². The molecule has 0 amide bonds. The summed E-state index contributed by atoms with van der Waals surface area (Å²) in [4.78, 5) is 8.67. The molecule has 19 heavy (non-hydrogen) atoms. The van der Waals surface area contributed by atoms with Crippen molar-refractivity contribution in [1.82, 2.24) is 9.97 Å². The SMILES string of the molecule is Cc1ccc(C(N)=NO)c(Sc2ncccc2Br)n1. The molecule has 0 bridgehead atoms. The number of nitrogens with two attached hydrogens (primary N) is 1. The third kappa shape index (κ3) is 3.24. The quantitative estimate of drug-likeness (QED) is 0.389. The van der Waals surface area contributed by atoms with Crippen molar-refractivity contribution < 1.29 is 5.21 Å². The van der Waals surface area contributed by atoms with Gasteiger partial charge in [-0.2, -0.15) is 0 Å². The Labute approximate surface area is 123 Å². The zero-order chi connectivity index (χ0) is 13.8. The van der Waals surface area contributed by atoms with E-state index in [1.165, 1.54) is 11.8 Å². The summed E-state index contributed by atoms with van der Waals surface area (Å²) >= 11 is 4.79. The summed E-state index contributed by atoms with van der Waals surface area (Å²) < 4.78 is 0.869. The van der Waals surface area contributed by atoms with Crippen LogP contribution < -0.4 is 5.73 Å². The Morgan fingerprint density at radius 2 is 2.16 bits per heavy atom. The molecule has 0 fully saturated rings. The molecular weight excluding hydrogens is 328 g/mol. The van der Waals surface area contributed by atoms with E-state index in [1.807, 2.05) is 25.1 Å². The smallest absolute Gasteiger partial charge is 0.172 e. The minimum atomic E-state index is 0.0297. The standard InChI is InChI=1S/C12H11BrN4OS/c1-7-4-5-8(10(14)17-18)11(16-7)19-12-9(13)3-2-6-15-12/h2-6,18H,1H3,(H2,14,17). The molecule has 2 rings (SSSR count). The molecule has 0 saturated heterocycles. The zero-order valence-corrected chi connectivity index (χ0v) is 12.4. The van der Waals surface area contributed by atoms with Crippen molar-refractivity contribution in [2.45, 2.75) is 17.0 Å². The number of amidine groups is 1. The lowest BCUT2D eigenvalue weighted by atomic mass is 10.2. The highest BCUT2D eigenvalue weighted by Gasteiger charge is 2.12. The maximum atomic E-state index is 8.80. The maximum Gasteiger partial charge on any atom is 0.172 e. The number of nitrogens with zero attached hydrogens (tertiary/aromatic N) is 3. The van der Waals surface area contributed by atoms with Crippen molar-refractivity contribution in [1.29, 1.82) is 0 Å². The van der Waals surface area contributed by atoms with Crippen LogP contribution in [0, 0.1) is 6.92 Å². The summed E-state index contributed by atoms with van der Waals surface area (Å²) in [5.74, 6) is 0.0297. The highest BCUT2D eigenvalue weighted by molar-refractivity contribution is 9.10. The first-order chi connectivity index (χ1) is 9.11. The van der Waals surface area contributed by atoms with Gasteiger partial charge in [-0.25, -0.2) is 9.97 Å². The van der Waals surface area contributed by atoms with Crippen molar-refractivity contribution in [3.05, 3.63) is 46.2 Å². The number of pyridine rings is 2. The van der Waals surface area contributed by atoms with Crippen LogP contribution in [0.3, 0.4) is 0 Å². The van der Waals surface area contributed by atoms with Crippen molar-refractivity contribution in [2.75, 3.05) is 0 Å². The molecule has 0 saturated carbocycles. The molecule has 0 aliphatic heterocycles. The molecule has 0 atom stereocenters. The van der Waals surface area contributed by atoms with E-state index >= 15 is 0 Å². The molecule has 0 radical (unpaired) electrons. The number of hydrogen-bond acceptors (Lipinski definition) is 5. The van der Waals surface area contributed by atoms with E-state index in [9.17, 15) is 0 Å². The molecule has 2 aromatic heterocycles. The fourth-order valence-electron chi connectivity index (χ4n) is 1.40. The van der Waals surface area contributed by atoms with Crippen molar-refractivity contribution in [3.63, 3.8) is 0 Å². The number of aromatic nitrogens is 2. The topological polar surface area (TPSA) is 84.4 Å². The molecule has 0 aliphatic carbocycles. The Morgan fingerprint density at radius 1 is 1.37 bits per heavy atom. The van der Waals surface area contributed by atoms with Crippen LogP contribution in [0.5, 0.6) is 0 Å². The Hall–Kier alpha value is -1.60. The van der Waals surface area contributed by atoms with Gasteiger partial charge in [0, 0.05) is 11.9 Å². The van der Waals surface area contributed by atoms with E-state index in [0.29, 0.717) is 10.6 Å². The Bertz CT molecular complexity index is 633. The second kappa shape index (κ2) is 6.03. The van der Waals surface area contributed by atoms with Gasteiger partial charge in [0.15, 0.2) is 5.84 Å². The fraction of sp³-hybridized carbons (Fsp3) is 0.0833. The van der Waals surface area contributed by atoms with Crippen LogP contribution in [-0.4, -0.2) is 21.0 Å². The van der Waals surface area contributed by atoms with E-state index in [4.69, 9.17) is 10.9 Å². The van der Waals surface area contributed by atoms with Gasteiger partial charge in [-0.3, -0.25) is 0 Å².